The Kier molecular flexibility index (Phi) is 12.7. The molecule has 1 rings (SSSR count). The van der Waals surface area contributed by atoms with E-state index in [1.807, 2.05) is 33.9 Å². The summed E-state index contributed by atoms with van der Waals surface area (Å²) in [5.41, 5.74) is -0.482. The molecule has 1 atom stereocenters. The molecule has 9 heteroatoms. The number of hydrogen-bond donors (Lipinski definition) is 2. The van der Waals surface area contributed by atoms with Crippen LogP contribution in [0.5, 0.6) is 0 Å². The fourth-order valence-corrected chi connectivity index (χ4v) is 3.10. The Morgan fingerprint density at radius 2 is 2.00 bits per heavy atom. The number of thiazole rings is 1. The number of nitrogens with zero attached hydrogens (tertiary/aromatic N) is 3. The van der Waals surface area contributed by atoms with Crippen LogP contribution in [-0.2, 0) is 17.6 Å². The van der Waals surface area contributed by atoms with Crippen LogP contribution in [0.4, 0.5) is 4.79 Å². The summed E-state index contributed by atoms with van der Waals surface area (Å²) in [5, 5.41) is 7.73. The van der Waals surface area contributed by atoms with E-state index in [1.54, 1.807) is 30.3 Å². The van der Waals surface area contributed by atoms with Crippen LogP contribution in [0.3, 0.4) is 0 Å². The number of guanidine groups is 1. The molecule has 0 aliphatic heterocycles. The van der Waals surface area contributed by atoms with E-state index in [2.05, 4.69) is 27.5 Å². The Bertz CT molecular complexity index is 616. The van der Waals surface area contributed by atoms with E-state index in [0.29, 0.717) is 6.54 Å². The molecule has 0 fully saturated rings. The molecule has 0 spiro atoms. The third-order valence-corrected chi connectivity index (χ3v) is 5.20. The average molecular weight is 526 g/mol. The second-order valence-corrected chi connectivity index (χ2v) is 8.68. The van der Waals surface area contributed by atoms with Gasteiger partial charge in [-0.25, -0.2) is 9.78 Å². The lowest BCUT2D eigenvalue weighted by Crippen LogP contribution is -2.43. The number of nitrogens with one attached hydrogen (secondary N) is 2. The molecule has 1 heterocycles. The summed E-state index contributed by atoms with van der Waals surface area (Å²) in [6.45, 7) is 11.3. The van der Waals surface area contributed by atoms with E-state index >= 15 is 0 Å². The van der Waals surface area contributed by atoms with Crippen molar-refractivity contribution in [3.63, 3.8) is 0 Å². The molecule has 1 amide bonds. The van der Waals surface area contributed by atoms with Crippen molar-refractivity contribution in [3.8, 4) is 0 Å². The van der Waals surface area contributed by atoms with Gasteiger partial charge < -0.3 is 20.3 Å². The highest BCUT2D eigenvalue weighted by Crippen LogP contribution is 2.13. The molecule has 2 N–H and O–H groups in total. The summed E-state index contributed by atoms with van der Waals surface area (Å²) >= 11 is 1.76. The summed E-state index contributed by atoms with van der Waals surface area (Å²) in [6.07, 6.45) is 4.36. The predicted octanol–water partition coefficient (Wildman–Crippen LogP) is 3.68. The molecule has 0 aromatic carbocycles. The van der Waals surface area contributed by atoms with Crippen molar-refractivity contribution in [3.05, 3.63) is 16.1 Å². The van der Waals surface area contributed by atoms with Gasteiger partial charge in [0.15, 0.2) is 5.96 Å². The number of carbonyl (C=O) groups is 1. The van der Waals surface area contributed by atoms with Gasteiger partial charge in [-0.05, 0) is 40.5 Å². The molecule has 28 heavy (non-hydrogen) atoms. The van der Waals surface area contributed by atoms with E-state index in [4.69, 9.17) is 4.74 Å². The number of aryl methyl sites for hydroxylation is 1. The minimum absolute atomic E-state index is 0. The van der Waals surface area contributed by atoms with Gasteiger partial charge in [0.2, 0.25) is 0 Å². The summed E-state index contributed by atoms with van der Waals surface area (Å²) in [7, 11) is 3.52. The number of ether oxygens (including phenoxy) is 1. The van der Waals surface area contributed by atoms with E-state index in [1.165, 1.54) is 4.88 Å². The Balaban J connectivity index is 0.00000729. The second kappa shape index (κ2) is 13.2. The first-order valence-electron chi connectivity index (χ1n) is 9.50. The molecule has 162 valence electrons. The Morgan fingerprint density at radius 1 is 1.36 bits per heavy atom. The Hall–Kier alpha value is -1.10. The molecule has 0 radical (unpaired) electrons. The fourth-order valence-electron chi connectivity index (χ4n) is 2.24. The Labute approximate surface area is 190 Å². The smallest absolute Gasteiger partial charge is 0.410 e. The number of carbonyl (C=O) groups excluding carboxylic acids is 1. The largest absolute Gasteiger partial charge is 0.444 e. The lowest BCUT2D eigenvalue weighted by molar-refractivity contribution is 0.0230. The minimum atomic E-state index is -0.482. The fraction of sp³-hybridized carbons (Fsp3) is 0.737. The maximum Gasteiger partial charge on any atom is 0.410 e. The lowest BCUT2D eigenvalue weighted by Gasteiger charge is -2.28. The van der Waals surface area contributed by atoms with Crippen LogP contribution in [0.15, 0.2) is 11.2 Å². The second-order valence-electron chi connectivity index (χ2n) is 7.48. The average Bonchev–Trinajstić information content (AvgIpc) is 3.06. The summed E-state index contributed by atoms with van der Waals surface area (Å²) in [6, 6.07) is 0.0632. The number of halogens is 1. The monoisotopic (exact) mass is 525 g/mol. The Morgan fingerprint density at radius 3 is 2.54 bits per heavy atom. The van der Waals surface area contributed by atoms with Crippen molar-refractivity contribution in [2.24, 2.45) is 4.99 Å². The van der Waals surface area contributed by atoms with Crippen LogP contribution in [0.2, 0.25) is 0 Å². The van der Waals surface area contributed by atoms with Gasteiger partial charge in [-0.1, -0.05) is 6.92 Å². The molecule has 0 bridgehead atoms. The third-order valence-electron chi connectivity index (χ3n) is 4.00. The first kappa shape index (κ1) is 26.9. The van der Waals surface area contributed by atoms with Gasteiger partial charge in [-0.2, -0.15) is 0 Å². The molecule has 0 aliphatic carbocycles. The highest BCUT2D eigenvalue weighted by atomic mass is 127. The molecule has 0 saturated heterocycles. The van der Waals surface area contributed by atoms with E-state index in [0.717, 1.165) is 36.8 Å². The molecule has 1 aromatic rings. The summed E-state index contributed by atoms with van der Waals surface area (Å²) in [5.74, 6) is 0.759. The van der Waals surface area contributed by atoms with Crippen LogP contribution < -0.4 is 10.6 Å². The zero-order valence-corrected chi connectivity index (χ0v) is 21.3. The maximum atomic E-state index is 12.1. The number of rotatable bonds is 8. The van der Waals surface area contributed by atoms with Crippen LogP contribution in [0, 0.1) is 0 Å². The molecular weight excluding hydrogens is 489 g/mol. The van der Waals surface area contributed by atoms with Crippen molar-refractivity contribution in [2.45, 2.75) is 65.5 Å². The van der Waals surface area contributed by atoms with Crippen LogP contribution in [0.25, 0.3) is 0 Å². The van der Waals surface area contributed by atoms with Crippen LogP contribution >= 0.6 is 35.3 Å². The molecule has 7 nitrogen and oxygen atoms in total. The van der Waals surface area contributed by atoms with Gasteiger partial charge in [0.05, 0.1) is 5.01 Å². The van der Waals surface area contributed by atoms with Gasteiger partial charge in [0.1, 0.15) is 5.60 Å². The first-order valence-corrected chi connectivity index (χ1v) is 10.3. The van der Waals surface area contributed by atoms with E-state index in [9.17, 15) is 4.79 Å². The first-order chi connectivity index (χ1) is 12.7. The van der Waals surface area contributed by atoms with Crippen LogP contribution in [0.1, 0.15) is 50.9 Å². The van der Waals surface area contributed by atoms with Gasteiger partial charge in [-0.15, -0.1) is 35.3 Å². The number of aromatic nitrogens is 1. The summed E-state index contributed by atoms with van der Waals surface area (Å²) in [4.78, 5) is 23.7. The van der Waals surface area contributed by atoms with Crippen LogP contribution in [-0.4, -0.2) is 60.8 Å². The SMILES string of the molecule is CCc1cnc(CCNC(=NC)NCCC(C)N(C)C(=O)OC(C)(C)C)s1.I. The van der Waals surface area contributed by atoms with Crippen molar-refractivity contribution in [2.75, 3.05) is 27.2 Å². The predicted molar refractivity (Wildman–Crippen MR) is 128 cm³/mol. The quantitative estimate of drug-likeness (QED) is 0.308. The van der Waals surface area contributed by atoms with Crippen molar-refractivity contribution < 1.29 is 9.53 Å². The molecule has 0 aliphatic rings. The number of aliphatic imine (C=N–C) groups is 1. The molecule has 1 unspecified atom stereocenters. The van der Waals surface area contributed by atoms with Crippen molar-refractivity contribution in [1.29, 1.82) is 0 Å². The lowest BCUT2D eigenvalue weighted by atomic mass is 10.2. The van der Waals surface area contributed by atoms with Gasteiger partial charge in [0.25, 0.3) is 0 Å². The topological polar surface area (TPSA) is 78.9 Å². The van der Waals surface area contributed by atoms with Gasteiger partial charge >= 0.3 is 6.09 Å². The third kappa shape index (κ3) is 10.4. The minimum Gasteiger partial charge on any atom is -0.444 e. The van der Waals surface area contributed by atoms with E-state index < -0.39 is 5.60 Å². The molecular formula is C19H36IN5O2S. The zero-order chi connectivity index (χ0) is 20.4. The summed E-state index contributed by atoms with van der Waals surface area (Å²) < 4.78 is 5.40. The highest BCUT2D eigenvalue weighted by molar-refractivity contribution is 14.0. The zero-order valence-electron chi connectivity index (χ0n) is 18.2. The number of amides is 1. The normalized spacial score (nSPS) is 12.8. The van der Waals surface area contributed by atoms with Crippen molar-refractivity contribution in [1.82, 2.24) is 20.5 Å². The van der Waals surface area contributed by atoms with E-state index in [-0.39, 0.29) is 36.1 Å². The maximum absolute atomic E-state index is 12.1. The standard InChI is InChI=1S/C19H35N5O2S.HI/c1-8-15-13-23-16(27-15)10-12-22-17(20-6)21-11-9-14(2)24(7)18(25)26-19(3,4)5;/h13-14H,8-12H2,1-7H3,(H2,20,21,22);1H. The highest BCUT2D eigenvalue weighted by Gasteiger charge is 2.22. The molecule has 1 aromatic heterocycles. The number of hydrogen-bond acceptors (Lipinski definition) is 5. The van der Waals surface area contributed by atoms with Crippen molar-refractivity contribution >= 4 is 47.4 Å². The van der Waals surface area contributed by atoms with Gasteiger partial charge in [0, 0.05) is 50.7 Å². The molecule has 0 saturated carbocycles. The van der Waals surface area contributed by atoms with Gasteiger partial charge in [-0.3, -0.25) is 4.99 Å².